The molecule has 2 aromatic heterocycles. The normalized spacial score (nSPS) is 16.7. The van der Waals surface area contributed by atoms with E-state index in [2.05, 4.69) is 9.97 Å². The van der Waals surface area contributed by atoms with Gasteiger partial charge in [0.2, 0.25) is 10.0 Å². The van der Waals surface area contributed by atoms with Crippen molar-refractivity contribution in [3.05, 3.63) is 40.6 Å². The van der Waals surface area contributed by atoms with E-state index >= 15 is 0 Å². The highest BCUT2D eigenvalue weighted by Gasteiger charge is 2.33. The van der Waals surface area contributed by atoms with Crippen molar-refractivity contribution in [3.63, 3.8) is 0 Å². The van der Waals surface area contributed by atoms with Gasteiger partial charge in [-0.3, -0.25) is 4.79 Å². The van der Waals surface area contributed by atoms with Crippen LogP contribution >= 0.6 is 11.3 Å². The summed E-state index contributed by atoms with van der Waals surface area (Å²) in [7, 11) is -1.97. The molecule has 0 aliphatic carbocycles. The van der Waals surface area contributed by atoms with Crippen LogP contribution in [0.2, 0.25) is 0 Å². The van der Waals surface area contributed by atoms with Gasteiger partial charge in [-0.2, -0.15) is 4.31 Å². The summed E-state index contributed by atoms with van der Waals surface area (Å²) in [4.78, 5) is 22.8. The van der Waals surface area contributed by atoms with Gasteiger partial charge >= 0.3 is 0 Å². The van der Waals surface area contributed by atoms with Crippen molar-refractivity contribution in [3.8, 4) is 0 Å². The maximum atomic E-state index is 12.9. The van der Waals surface area contributed by atoms with E-state index in [0.717, 1.165) is 24.2 Å². The molecule has 0 bridgehead atoms. The molecule has 9 heteroatoms. The van der Waals surface area contributed by atoms with Gasteiger partial charge in [0.25, 0.3) is 5.91 Å². The summed E-state index contributed by atoms with van der Waals surface area (Å²) in [5.41, 5.74) is 0.700. The third-order valence-corrected chi connectivity index (χ3v) is 7.41. The van der Waals surface area contributed by atoms with E-state index in [1.165, 1.54) is 21.6 Å². The second-order valence-electron chi connectivity index (χ2n) is 5.95. The predicted molar refractivity (Wildman–Crippen MR) is 94.9 cm³/mol. The van der Waals surface area contributed by atoms with Crippen molar-refractivity contribution in [1.29, 1.82) is 0 Å². The largest absolute Gasteiger partial charge is 0.333 e. The molecule has 0 spiro atoms. The Morgan fingerprint density at radius 3 is 2.68 bits per heavy atom. The number of hydrogen-bond acceptors (Lipinski definition) is 6. The summed E-state index contributed by atoms with van der Waals surface area (Å²) in [5, 5.41) is 1.65. The van der Waals surface area contributed by atoms with Crippen LogP contribution in [0, 0.1) is 0 Å². The van der Waals surface area contributed by atoms with Crippen LogP contribution in [-0.2, 0) is 10.0 Å². The lowest BCUT2D eigenvalue weighted by Gasteiger charge is -2.24. The van der Waals surface area contributed by atoms with Crippen LogP contribution in [0.3, 0.4) is 0 Å². The van der Waals surface area contributed by atoms with Gasteiger partial charge < -0.3 is 4.90 Å². The minimum atomic E-state index is -3.62. The fourth-order valence-corrected chi connectivity index (χ4v) is 5.70. The lowest BCUT2D eigenvalue weighted by molar-refractivity contribution is 0.0741. The van der Waals surface area contributed by atoms with Crippen LogP contribution < -0.4 is 0 Å². The third-order valence-electron chi connectivity index (χ3n) is 4.44. The van der Waals surface area contributed by atoms with Crippen molar-refractivity contribution < 1.29 is 13.2 Å². The highest BCUT2D eigenvalue weighted by atomic mass is 32.2. The molecule has 1 aliphatic rings. The standard InChI is InChI=1S/C16H20N4O3S2/c1-12(13-5-7-17-11-18-13)19(2)16(21)15-14(6-10-24-15)25(22,23)20-8-3-4-9-20/h5-7,10-12H,3-4,8-9H2,1-2H3. The molecule has 3 heterocycles. The van der Waals surface area contributed by atoms with Crippen LogP contribution in [0.5, 0.6) is 0 Å². The van der Waals surface area contributed by atoms with E-state index in [-0.39, 0.29) is 21.7 Å². The monoisotopic (exact) mass is 380 g/mol. The Balaban J connectivity index is 1.88. The van der Waals surface area contributed by atoms with Crippen molar-refractivity contribution >= 4 is 27.3 Å². The number of thiophene rings is 1. The van der Waals surface area contributed by atoms with E-state index in [9.17, 15) is 13.2 Å². The van der Waals surface area contributed by atoms with Crippen LogP contribution in [0.1, 0.15) is 41.2 Å². The molecule has 0 aromatic carbocycles. The average molecular weight is 380 g/mol. The Hall–Kier alpha value is -1.84. The third kappa shape index (κ3) is 3.44. The second-order valence-corrected chi connectivity index (χ2v) is 8.77. The number of rotatable bonds is 5. The van der Waals surface area contributed by atoms with Crippen molar-refractivity contribution in [1.82, 2.24) is 19.2 Å². The van der Waals surface area contributed by atoms with E-state index in [0.29, 0.717) is 18.8 Å². The molecule has 2 aromatic rings. The maximum absolute atomic E-state index is 12.9. The number of carbonyl (C=O) groups is 1. The molecule has 7 nitrogen and oxygen atoms in total. The molecule has 0 saturated carbocycles. The molecule has 1 fully saturated rings. The van der Waals surface area contributed by atoms with Gasteiger partial charge in [0.05, 0.1) is 11.7 Å². The van der Waals surface area contributed by atoms with Crippen molar-refractivity contribution in [2.45, 2.75) is 30.7 Å². The second kappa shape index (κ2) is 7.19. The quantitative estimate of drug-likeness (QED) is 0.794. The number of sulfonamides is 1. The lowest BCUT2D eigenvalue weighted by Crippen LogP contribution is -2.33. The minimum Gasteiger partial charge on any atom is -0.333 e. The predicted octanol–water partition coefficient (Wildman–Crippen LogP) is 2.16. The fraction of sp³-hybridized carbons (Fsp3) is 0.438. The molecule has 25 heavy (non-hydrogen) atoms. The maximum Gasteiger partial charge on any atom is 0.265 e. The van der Waals surface area contributed by atoms with Gasteiger partial charge in [-0.25, -0.2) is 18.4 Å². The Morgan fingerprint density at radius 2 is 2.04 bits per heavy atom. The molecule has 1 atom stereocenters. The van der Waals surface area contributed by atoms with E-state index in [1.807, 2.05) is 6.92 Å². The number of aromatic nitrogens is 2. The molecule has 134 valence electrons. The number of carbonyl (C=O) groups excluding carboxylic acids is 1. The molecule has 0 radical (unpaired) electrons. The van der Waals surface area contributed by atoms with Gasteiger partial charge in [-0.1, -0.05) is 0 Å². The first-order chi connectivity index (χ1) is 11.9. The van der Waals surface area contributed by atoms with Gasteiger partial charge in [0.1, 0.15) is 16.1 Å². The summed E-state index contributed by atoms with van der Waals surface area (Å²) in [6.45, 7) is 2.88. The van der Waals surface area contributed by atoms with E-state index in [4.69, 9.17) is 0 Å². The summed E-state index contributed by atoms with van der Waals surface area (Å²) < 4.78 is 27.1. The van der Waals surface area contributed by atoms with Crippen LogP contribution in [0.25, 0.3) is 0 Å². The summed E-state index contributed by atoms with van der Waals surface area (Å²) in [5.74, 6) is -0.320. The first-order valence-electron chi connectivity index (χ1n) is 8.03. The topological polar surface area (TPSA) is 83.5 Å². The van der Waals surface area contributed by atoms with Gasteiger partial charge in [-0.05, 0) is 37.3 Å². The Kier molecular flexibility index (Phi) is 5.16. The molecule has 1 unspecified atom stereocenters. The molecule has 0 N–H and O–H groups in total. The Morgan fingerprint density at radius 1 is 1.32 bits per heavy atom. The van der Waals surface area contributed by atoms with E-state index in [1.54, 1.807) is 24.7 Å². The Labute approximate surface area is 151 Å². The summed E-state index contributed by atoms with van der Waals surface area (Å²) >= 11 is 1.15. The van der Waals surface area contributed by atoms with Gasteiger partial charge in [-0.15, -0.1) is 11.3 Å². The summed E-state index contributed by atoms with van der Waals surface area (Å²) in [6, 6.07) is 2.97. The summed E-state index contributed by atoms with van der Waals surface area (Å²) in [6.07, 6.45) is 4.76. The average Bonchev–Trinajstić information content (AvgIpc) is 3.32. The zero-order valence-corrected chi connectivity index (χ0v) is 15.8. The first kappa shape index (κ1) is 18.0. The fourth-order valence-electron chi connectivity index (χ4n) is 2.81. The van der Waals surface area contributed by atoms with Crippen LogP contribution in [-0.4, -0.2) is 53.6 Å². The molecule has 1 aliphatic heterocycles. The smallest absolute Gasteiger partial charge is 0.265 e. The van der Waals surface area contributed by atoms with Crippen molar-refractivity contribution in [2.75, 3.05) is 20.1 Å². The highest BCUT2D eigenvalue weighted by molar-refractivity contribution is 7.89. The zero-order valence-electron chi connectivity index (χ0n) is 14.1. The van der Waals surface area contributed by atoms with E-state index < -0.39 is 10.0 Å². The number of amides is 1. The van der Waals surface area contributed by atoms with Crippen molar-refractivity contribution in [2.24, 2.45) is 0 Å². The molecular weight excluding hydrogens is 360 g/mol. The lowest BCUT2D eigenvalue weighted by atomic mass is 10.2. The highest BCUT2D eigenvalue weighted by Crippen LogP contribution is 2.30. The van der Waals surface area contributed by atoms with Gasteiger partial charge in [0, 0.05) is 26.3 Å². The minimum absolute atomic E-state index is 0.103. The molecule has 3 rings (SSSR count). The van der Waals surface area contributed by atoms with Crippen LogP contribution in [0.4, 0.5) is 0 Å². The van der Waals surface area contributed by atoms with Crippen LogP contribution in [0.15, 0.2) is 34.9 Å². The molecule has 1 saturated heterocycles. The zero-order chi connectivity index (χ0) is 18.0. The SMILES string of the molecule is CC(c1ccncn1)N(C)C(=O)c1sccc1S(=O)(=O)N1CCCC1. The molecular formula is C16H20N4O3S2. The number of nitrogens with zero attached hydrogens (tertiary/aromatic N) is 4. The first-order valence-corrected chi connectivity index (χ1v) is 10.4. The Bertz CT molecular complexity index is 845. The van der Waals surface area contributed by atoms with Gasteiger partial charge in [0.15, 0.2) is 0 Å². The number of hydrogen-bond donors (Lipinski definition) is 0. The molecule has 1 amide bonds.